The van der Waals surface area contributed by atoms with Gasteiger partial charge in [-0.15, -0.1) is 0 Å². The Bertz CT molecular complexity index is 798. The van der Waals surface area contributed by atoms with Crippen molar-refractivity contribution < 1.29 is 9.13 Å². The molecule has 0 spiro atoms. The largest absolute Gasteiger partial charge is 0.379 e. The lowest BCUT2D eigenvalue weighted by molar-refractivity contribution is 0.107. The van der Waals surface area contributed by atoms with E-state index < -0.39 is 4.75 Å². The molecule has 124 valence electrons. The SMILES string of the molecule is C[C@H]1OC[C@]2(c3cc(-c4cccnc4)ccc3F)SC(N)=NC[C@@H]12. The minimum atomic E-state index is -0.520. The van der Waals surface area contributed by atoms with E-state index in [9.17, 15) is 4.39 Å². The molecule has 1 saturated heterocycles. The van der Waals surface area contributed by atoms with Crippen LogP contribution in [0.3, 0.4) is 0 Å². The Kier molecular flexibility index (Phi) is 3.81. The van der Waals surface area contributed by atoms with Gasteiger partial charge in [0.15, 0.2) is 5.17 Å². The number of hydrogen-bond donors (Lipinski definition) is 1. The molecule has 2 aliphatic rings. The van der Waals surface area contributed by atoms with Gasteiger partial charge in [0.2, 0.25) is 0 Å². The summed E-state index contributed by atoms with van der Waals surface area (Å²) in [5.41, 5.74) is 8.52. The monoisotopic (exact) mass is 343 g/mol. The zero-order chi connectivity index (χ0) is 16.7. The zero-order valence-corrected chi connectivity index (χ0v) is 14.1. The fourth-order valence-corrected chi connectivity index (χ4v) is 4.88. The molecule has 4 nitrogen and oxygen atoms in total. The Morgan fingerprint density at radius 3 is 3.00 bits per heavy atom. The summed E-state index contributed by atoms with van der Waals surface area (Å²) in [5.74, 6) is -0.124. The lowest BCUT2D eigenvalue weighted by Crippen LogP contribution is -2.41. The van der Waals surface area contributed by atoms with Gasteiger partial charge in [0.25, 0.3) is 0 Å². The number of amidine groups is 1. The quantitative estimate of drug-likeness (QED) is 0.910. The summed E-state index contributed by atoms with van der Waals surface area (Å²) in [6.45, 7) is 3.02. The van der Waals surface area contributed by atoms with Crippen molar-refractivity contribution in [2.45, 2.75) is 17.8 Å². The van der Waals surface area contributed by atoms with Crippen LogP contribution in [0.1, 0.15) is 12.5 Å². The standard InChI is InChI=1S/C18H18FN3OS/c1-11-15-9-22-17(20)24-18(15,10-23-11)14-7-12(4-5-16(14)19)13-3-2-6-21-8-13/h2-8,11,15H,9-10H2,1H3,(H2,20,22)/t11-,15+,18-/m1/s1. The molecule has 2 N–H and O–H groups in total. The van der Waals surface area contributed by atoms with Crippen LogP contribution in [-0.2, 0) is 9.48 Å². The van der Waals surface area contributed by atoms with E-state index in [1.165, 1.54) is 17.8 Å². The molecule has 6 heteroatoms. The highest BCUT2D eigenvalue weighted by Crippen LogP contribution is 2.53. The maximum Gasteiger partial charge on any atom is 0.154 e. The van der Waals surface area contributed by atoms with Gasteiger partial charge in [0.05, 0.1) is 17.5 Å². The fourth-order valence-electron chi connectivity index (χ4n) is 3.56. The number of halogens is 1. The maximum atomic E-state index is 14.8. The third-order valence-corrected chi connectivity index (χ3v) is 6.22. The number of aliphatic imine (C=N–C) groups is 1. The molecule has 0 saturated carbocycles. The number of nitrogens with zero attached hydrogens (tertiary/aromatic N) is 2. The van der Waals surface area contributed by atoms with Crippen LogP contribution in [0.2, 0.25) is 0 Å². The summed E-state index contributed by atoms with van der Waals surface area (Å²) < 4.78 is 20.1. The highest BCUT2D eigenvalue weighted by molar-refractivity contribution is 8.14. The molecule has 1 aromatic heterocycles. The van der Waals surface area contributed by atoms with Crippen molar-refractivity contribution in [1.82, 2.24) is 4.98 Å². The molecule has 2 aliphatic heterocycles. The van der Waals surface area contributed by atoms with Crippen LogP contribution in [0.4, 0.5) is 4.39 Å². The van der Waals surface area contributed by atoms with Crippen molar-refractivity contribution in [3.8, 4) is 11.1 Å². The molecule has 1 fully saturated rings. The molecule has 0 bridgehead atoms. The summed E-state index contributed by atoms with van der Waals surface area (Å²) in [7, 11) is 0. The molecule has 0 unspecified atom stereocenters. The average Bonchev–Trinajstić information content (AvgIpc) is 2.93. The van der Waals surface area contributed by atoms with Crippen molar-refractivity contribution in [2.75, 3.05) is 13.2 Å². The minimum Gasteiger partial charge on any atom is -0.379 e. The Labute approximate surface area is 144 Å². The molecule has 4 rings (SSSR count). The summed E-state index contributed by atoms with van der Waals surface area (Å²) in [6.07, 6.45) is 3.53. The lowest BCUT2D eigenvalue weighted by atomic mass is 9.83. The molecule has 24 heavy (non-hydrogen) atoms. The first kappa shape index (κ1) is 15.6. The van der Waals surface area contributed by atoms with Gasteiger partial charge < -0.3 is 10.5 Å². The van der Waals surface area contributed by atoms with Crippen molar-refractivity contribution in [3.05, 3.63) is 54.1 Å². The fraction of sp³-hybridized carbons (Fsp3) is 0.333. The number of thioether (sulfide) groups is 1. The van der Waals surface area contributed by atoms with E-state index in [0.717, 1.165) is 11.1 Å². The normalized spacial score (nSPS) is 29.2. The lowest BCUT2D eigenvalue weighted by Gasteiger charge is -2.37. The molecular weight excluding hydrogens is 325 g/mol. The van der Waals surface area contributed by atoms with E-state index in [0.29, 0.717) is 23.9 Å². The number of benzene rings is 1. The zero-order valence-electron chi connectivity index (χ0n) is 13.3. The summed E-state index contributed by atoms with van der Waals surface area (Å²) in [5, 5.41) is 0.495. The van der Waals surface area contributed by atoms with Gasteiger partial charge in [0.1, 0.15) is 5.82 Å². The van der Waals surface area contributed by atoms with Gasteiger partial charge in [-0.2, -0.15) is 0 Å². The summed E-state index contributed by atoms with van der Waals surface area (Å²) >= 11 is 1.43. The molecule has 3 heterocycles. The number of rotatable bonds is 2. The number of hydrogen-bond acceptors (Lipinski definition) is 5. The molecule has 0 aliphatic carbocycles. The predicted molar refractivity (Wildman–Crippen MR) is 94.3 cm³/mol. The van der Waals surface area contributed by atoms with Gasteiger partial charge in [-0.3, -0.25) is 9.98 Å². The van der Waals surface area contributed by atoms with E-state index in [4.69, 9.17) is 10.5 Å². The van der Waals surface area contributed by atoms with Crippen LogP contribution in [-0.4, -0.2) is 29.4 Å². The van der Waals surface area contributed by atoms with Gasteiger partial charge in [0, 0.05) is 36.0 Å². The molecule has 0 radical (unpaired) electrons. The molecular formula is C18H18FN3OS. The Balaban J connectivity index is 1.85. The smallest absolute Gasteiger partial charge is 0.154 e. The van der Waals surface area contributed by atoms with E-state index in [-0.39, 0.29) is 17.8 Å². The predicted octanol–water partition coefficient (Wildman–Crippen LogP) is 3.18. The highest BCUT2D eigenvalue weighted by Gasteiger charge is 2.53. The van der Waals surface area contributed by atoms with Crippen LogP contribution >= 0.6 is 11.8 Å². The van der Waals surface area contributed by atoms with Crippen LogP contribution in [0.15, 0.2) is 47.7 Å². The summed E-state index contributed by atoms with van der Waals surface area (Å²) in [6, 6.07) is 9.06. The van der Waals surface area contributed by atoms with Crippen LogP contribution in [0.5, 0.6) is 0 Å². The third kappa shape index (κ3) is 2.41. The first-order valence-electron chi connectivity index (χ1n) is 7.91. The van der Waals surface area contributed by atoms with E-state index in [2.05, 4.69) is 9.98 Å². The second kappa shape index (κ2) is 5.86. The molecule has 1 aromatic carbocycles. The second-order valence-corrected chi connectivity index (χ2v) is 7.58. The average molecular weight is 343 g/mol. The van der Waals surface area contributed by atoms with E-state index >= 15 is 0 Å². The van der Waals surface area contributed by atoms with Gasteiger partial charge in [-0.25, -0.2) is 4.39 Å². The van der Waals surface area contributed by atoms with E-state index in [1.54, 1.807) is 18.5 Å². The van der Waals surface area contributed by atoms with E-state index in [1.807, 2.05) is 25.1 Å². The number of pyridine rings is 1. The van der Waals surface area contributed by atoms with Gasteiger partial charge >= 0.3 is 0 Å². The number of aromatic nitrogens is 1. The van der Waals surface area contributed by atoms with Gasteiger partial charge in [-0.05, 0) is 30.7 Å². The number of nitrogens with two attached hydrogens (primary N) is 1. The van der Waals surface area contributed by atoms with Crippen molar-refractivity contribution in [2.24, 2.45) is 16.6 Å². The van der Waals surface area contributed by atoms with Crippen LogP contribution in [0.25, 0.3) is 11.1 Å². The first-order valence-corrected chi connectivity index (χ1v) is 8.73. The maximum absolute atomic E-state index is 14.8. The molecule has 0 amide bonds. The first-order chi connectivity index (χ1) is 11.6. The molecule has 2 aromatic rings. The number of fused-ring (bicyclic) bond motifs is 1. The van der Waals surface area contributed by atoms with Crippen molar-refractivity contribution in [3.63, 3.8) is 0 Å². The topological polar surface area (TPSA) is 60.5 Å². The van der Waals surface area contributed by atoms with Crippen LogP contribution < -0.4 is 5.73 Å². The van der Waals surface area contributed by atoms with Gasteiger partial charge in [-0.1, -0.05) is 23.9 Å². The summed E-state index contributed by atoms with van der Waals surface area (Å²) in [4.78, 5) is 8.50. The van der Waals surface area contributed by atoms with Crippen LogP contribution in [0, 0.1) is 11.7 Å². The number of ether oxygens (including phenoxy) is 1. The highest BCUT2D eigenvalue weighted by atomic mass is 32.2. The minimum absolute atomic E-state index is 0.0239. The Morgan fingerprint density at radius 1 is 1.33 bits per heavy atom. The van der Waals surface area contributed by atoms with Crippen molar-refractivity contribution >= 4 is 16.9 Å². The third-order valence-electron chi connectivity index (χ3n) is 4.87. The van der Waals surface area contributed by atoms with Crippen molar-refractivity contribution in [1.29, 1.82) is 0 Å². The Morgan fingerprint density at radius 2 is 2.21 bits per heavy atom. The Hall–Kier alpha value is -1.92. The second-order valence-electron chi connectivity index (χ2n) is 6.23. The molecule has 3 atom stereocenters.